The molecule has 25 heavy (non-hydrogen) atoms. The molecule has 4 heteroatoms. The molecule has 3 nitrogen and oxygen atoms in total. The largest absolute Gasteiger partial charge is 0.366 e. The Labute approximate surface area is 146 Å². The van der Waals surface area contributed by atoms with E-state index in [2.05, 4.69) is 38.9 Å². The molecule has 0 saturated heterocycles. The molecular formula is C21H20FN3. The third-order valence-corrected chi connectivity index (χ3v) is 4.66. The van der Waals surface area contributed by atoms with Crippen LogP contribution in [0, 0.1) is 5.82 Å². The molecule has 0 spiro atoms. The fourth-order valence-electron chi connectivity index (χ4n) is 3.28. The molecule has 0 N–H and O–H groups in total. The lowest BCUT2D eigenvalue weighted by atomic mass is 10.1. The molecule has 126 valence electrons. The molecule has 1 aliphatic rings. The van der Waals surface area contributed by atoms with E-state index in [0.717, 1.165) is 30.7 Å². The molecule has 4 rings (SSSR count). The molecule has 2 aromatic heterocycles. The van der Waals surface area contributed by atoms with Gasteiger partial charge in [0.15, 0.2) is 0 Å². The molecule has 0 atom stereocenters. The lowest BCUT2D eigenvalue weighted by molar-refractivity contribution is 0.628. The maximum atomic E-state index is 13.0. The van der Waals surface area contributed by atoms with E-state index >= 15 is 0 Å². The second-order valence-electron chi connectivity index (χ2n) is 6.36. The van der Waals surface area contributed by atoms with E-state index < -0.39 is 0 Å². The third kappa shape index (κ3) is 3.20. The lowest BCUT2D eigenvalue weighted by Gasteiger charge is -2.27. The fourth-order valence-corrected chi connectivity index (χ4v) is 3.28. The van der Waals surface area contributed by atoms with E-state index in [1.807, 2.05) is 25.4 Å². The number of hydrogen-bond acceptors (Lipinski definition) is 2. The summed E-state index contributed by atoms with van der Waals surface area (Å²) in [5, 5.41) is 1.20. The monoisotopic (exact) mass is 333 g/mol. The highest BCUT2D eigenvalue weighted by atomic mass is 19.1. The minimum atomic E-state index is -0.200. The highest BCUT2D eigenvalue weighted by Gasteiger charge is 2.16. The number of fused-ring (bicyclic) bond motifs is 1. The molecule has 0 fully saturated rings. The zero-order valence-electron chi connectivity index (χ0n) is 14.2. The number of hydrogen-bond donors (Lipinski definition) is 0. The zero-order valence-corrected chi connectivity index (χ0v) is 14.2. The SMILES string of the molecule is Cn1cc(N2CC=C(/C=C/c3ccc(F)cc3)CC2)c2cccnc21. The van der Waals surface area contributed by atoms with E-state index in [1.165, 1.54) is 28.8 Å². The van der Waals surface area contributed by atoms with Gasteiger partial charge in [-0.25, -0.2) is 9.37 Å². The molecular weight excluding hydrogens is 313 g/mol. The predicted octanol–water partition coefficient (Wildman–Crippen LogP) is 4.56. The molecule has 0 amide bonds. The van der Waals surface area contributed by atoms with Gasteiger partial charge in [0, 0.05) is 37.9 Å². The van der Waals surface area contributed by atoms with Gasteiger partial charge in [-0.3, -0.25) is 0 Å². The van der Waals surface area contributed by atoms with Crippen LogP contribution in [0.15, 0.2) is 66.5 Å². The summed E-state index contributed by atoms with van der Waals surface area (Å²) >= 11 is 0. The van der Waals surface area contributed by atoms with Crippen molar-refractivity contribution in [3.63, 3.8) is 0 Å². The molecule has 0 bridgehead atoms. The number of benzene rings is 1. The number of allylic oxidation sites excluding steroid dienone is 1. The number of pyridine rings is 1. The van der Waals surface area contributed by atoms with E-state index in [-0.39, 0.29) is 5.82 Å². The van der Waals surface area contributed by atoms with Crippen LogP contribution >= 0.6 is 0 Å². The highest BCUT2D eigenvalue weighted by molar-refractivity contribution is 5.91. The van der Waals surface area contributed by atoms with E-state index in [0.29, 0.717) is 0 Å². The van der Waals surface area contributed by atoms with Gasteiger partial charge in [0.05, 0.1) is 5.69 Å². The predicted molar refractivity (Wildman–Crippen MR) is 101 cm³/mol. The molecule has 1 aromatic carbocycles. The van der Waals surface area contributed by atoms with Gasteiger partial charge in [0.2, 0.25) is 0 Å². The van der Waals surface area contributed by atoms with Crippen LogP contribution in [0.3, 0.4) is 0 Å². The first kappa shape index (κ1) is 15.6. The standard InChI is InChI=1S/C21H20FN3/c1-24-15-20(19-3-2-12-23-21(19)24)25-13-10-17(11-14-25)5-4-16-6-8-18(22)9-7-16/h2-10,12,15H,11,13-14H2,1H3/b5-4+. The Morgan fingerprint density at radius 1 is 1.12 bits per heavy atom. The van der Waals surface area contributed by atoms with Crippen molar-refractivity contribution in [2.45, 2.75) is 6.42 Å². The number of aromatic nitrogens is 2. The normalized spacial score (nSPS) is 15.1. The van der Waals surface area contributed by atoms with E-state index in [4.69, 9.17) is 0 Å². The Morgan fingerprint density at radius 3 is 2.72 bits per heavy atom. The summed E-state index contributed by atoms with van der Waals surface area (Å²) in [7, 11) is 2.04. The van der Waals surface area contributed by atoms with Crippen molar-refractivity contribution < 1.29 is 4.39 Å². The minimum absolute atomic E-state index is 0.200. The van der Waals surface area contributed by atoms with Gasteiger partial charge in [-0.2, -0.15) is 0 Å². The van der Waals surface area contributed by atoms with Crippen LogP contribution in [0.5, 0.6) is 0 Å². The van der Waals surface area contributed by atoms with Gasteiger partial charge in [0.25, 0.3) is 0 Å². The topological polar surface area (TPSA) is 21.1 Å². The number of aryl methyl sites for hydroxylation is 1. The summed E-state index contributed by atoms with van der Waals surface area (Å²) in [6.45, 7) is 1.87. The first-order valence-electron chi connectivity index (χ1n) is 8.48. The van der Waals surface area contributed by atoms with E-state index in [9.17, 15) is 4.39 Å². The Hall–Kier alpha value is -2.88. The van der Waals surface area contributed by atoms with Crippen molar-refractivity contribution in [1.82, 2.24) is 9.55 Å². The van der Waals surface area contributed by atoms with Crippen LogP contribution in [0.2, 0.25) is 0 Å². The van der Waals surface area contributed by atoms with Gasteiger partial charge in [-0.1, -0.05) is 30.4 Å². The summed E-state index contributed by atoms with van der Waals surface area (Å²) in [5.74, 6) is -0.200. The zero-order chi connectivity index (χ0) is 17.2. The second kappa shape index (κ2) is 6.55. The summed E-state index contributed by atoms with van der Waals surface area (Å²) in [4.78, 5) is 6.85. The van der Waals surface area contributed by atoms with E-state index in [1.54, 1.807) is 12.1 Å². The Morgan fingerprint density at radius 2 is 1.96 bits per heavy atom. The van der Waals surface area contributed by atoms with Crippen LogP contribution < -0.4 is 4.90 Å². The average Bonchev–Trinajstić information content (AvgIpc) is 2.99. The van der Waals surface area contributed by atoms with Crippen LogP contribution in [0.1, 0.15) is 12.0 Å². The minimum Gasteiger partial charge on any atom is -0.366 e. The van der Waals surface area contributed by atoms with Crippen molar-refractivity contribution >= 4 is 22.8 Å². The van der Waals surface area contributed by atoms with Gasteiger partial charge in [-0.15, -0.1) is 0 Å². The molecule has 3 aromatic rings. The van der Waals surface area contributed by atoms with Crippen molar-refractivity contribution in [2.24, 2.45) is 7.05 Å². The summed E-state index contributed by atoms with van der Waals surface area (Å²) in [6.07, 6.45) is 11.4. The molecule has 1 aliphatic heterocycles. The maximum absolute atomic E-state index is 13.0. The Balaban J connectivity index is 1.50. The van der Waals surface area contributed by atoms with Crippen molar-refractivity contribution in [3.05, 3.63) is 77.9 Å². The Bertz CT molecular complexity index is 951. The van der Waals surface area contributed by atoms with Crippen LogP contribution in [0.25, 0.3) is 17.1 Å². The van der Waals surface area contributed by atoms with Gasteiger partial charge in [0.1, 0.15) is 11.5 Å². The number of nitrogens with zero attached hydrogens (tertiary/aromatic N) is 3. The summed E-state index contributed by atoms with van der Waals surface area (Å²) in [6, 6.07) is 10.7. The average molecular weight is 333 g/mol. The number of anilines is 1. The van der Waals surface area contributed by atoms with Crippen molar-refractivity contribution in [2.75, 3.05) is 18.0 Å². The maximum Gasteiger partial charge on any atom is 0.141 e. The smallest absolute Gasteiger partial charge is 0.141 e. The molecule has 0 aliphatic carbocycles. The first-order chi connectivity index (χ1) is 12.2. The fraction of sp³-hybridized carbons (Fsp3) is 0.190. The quantitative estimate of drug-likeness (QED) is 0.700. The van der Waals surface area contributed by atoms with Crippen molar-refractivity contribution in [3.8, 4) is 0 Å². The third-order valence-electron chi connectivity index (χ3n) is 4.66. The van der Waals surface area contributed by atoms with Gasteiger partial charge < -0.3 is 9.47 Å². The molecule has 0 unspecified atom stereocenters. The van der Waals surface area contributed by atoms with Crippen molar-refractivity contribution in [1.29, 1.82) is 0 Å². The molecule has 0 saturated carbocycles. The number of halogens is 1. The Kier molecular flexibility index (Phi) is 4.10. The molecule has 0 radical (unpaired) electrons. The van der Waals surface area contributed by atoms with Crippen LogP contribution in [-0.4, -0.2) is 22.6 Å². The van der Waals surface area contributed by atoms with Gasteiger partial charge >= 0.3 is 0 Å². The summed E-state index contributed by atoms with van der Waals surface area (Å²) < 4.78 is 15.0. The highest BCUT2D eigenvalue weighted by Crippen LogP contribution is 2.29. The van der Waals surface area contributed by atoms with Crippen LogP contribution in [-0.2, 0) is 7.05 Å². The number of rotatable bonds is 3. The summed E-state index contributed by atoms with van der Waals surface area (Å²) in [5.41, 5.74) is 4.59. The van der Waals surface area contributed by atoms with Gasteiger partial charge in [-0.05, 0) is 41.8 Å². The first-order valence-corrected chi connectivity index (χ1v) is 8.48. The van der Waals surface area contributed by atoms with Crippen LogP contribution in [0.4, 0.5) is 10.1 Å². The lowest BCUT2D eigenvalue weighted by Crippen LogP contribution is -2.28. The molecule has 3 heterocycles. The second-order valence-corrected chi connectivity index (χ2v) is 6.36.